The van der Waals surface area contributed by atoms with Crippen LogP contribution in [0.5, 0.6) is 0 Å². The Kier molecular flexibility index (Phi) is 6.54. The molecule has 1 rings (SSSR count). The number of hydrogen-bond donors (Lipinski definition) is 4. The molecule has 1 aromatic carbocycles. The quantitative estimate of drug-likeness (QED) is 0.445. The molecule has 0 aliphatic rings. The summed E-state index contributed by atoms with van der Waals surface area (Å²) in [6, 6.07) is 6.69. The first-order valence-corrected chi connectivity index (χ1v) is 6.96. The molecule has 0 heterocycles. The lowest BCUT2D eigenvalue weighted by Crippen LogP contribution is -2.43. The van der Waals surface area contributed by atoms with Gasteiger partial charge in [-0.15, -0.1) is 11.8 Å². The summed E-state index contributed by atoms with van der Waals surface area (Å²) in [5, 5.41) is 21.2. The molecule has 0 radical (unpaired) electrons. The maximum absolute atomic E-state index is 11.5. The van der Waals surface area contributed by atoms with Crippen LogP contribution < -0.4 is 10.6 Å². The van der Waals surface area contributed by atoms with Crippen molar-refractivity contribution < 1.29 is 24.6 Å². The number of urea groups is 1. The van der Waals surface area contributed by atoms with E-state index >= 15 is 0 Å². The molecular formula is C13H16N2O5S. The van der Waals surface area contributed by atoms with Crippen LogP contribution in [0.4, 0.5) is 4.79 Å². The van der Waals surface area contributed by atoms with E-state index in [4.69, 9.17) is 10.2 Å². The van der Waals surface area contributed by atoms with Gasteiger partial charge in [-0.3, -0.25) is 9.59 Å². The Morgan fingerprint density at radius 2 is 1.76 bits per heavy atom. The van der Waals surface area contributed by atoms with Gasteiger partial charge in [-0.25, -0.2) is 4.79 Å². The number of carboxylic acid groups (broad SMARTS) is 2. The van der Waals surface area contributed by atoms with E-state index in [1.807, 2.05) is 31.2 Å². The molecule has 8 heteroatoms. The van der Waals surface area contributed by atoms with Crippen molar-refractivity contribution in [2.24, 2.45) is 0 Å². The number of aliphatic carboxylic acids is 2. The molecule has 0 saturated carbocycles. The van der Waals surface area contributed by atoms with E-state index in [0.29, 0.717) is 0 Å². The van der Waals surface area contributed by atoms with Gasteiger partial charge in [0.2, 0.25) is 0 Å². The van der Waals surface area contributed by atoms with Crippen molar-refractivity contribution in [3.8, 4) is 0 Å². The number of carboxylic acids is 2. The topological polar surface area (TPSA) is 116 Å². The normalized spacial score (nSPS) is 11.5. The zero-order chi connectivity index (χ0) is 15.8. The summed E-state index contributed by atoms with van der Waals surface area (Å²) in [5.74, 6) is -2.23. The summed E-state index contributed by atoms with van der Waals surface area (Å²) < 4.78 is 0. The first-order chi connectivity index (χ1) is 9.86. The van der Waals surface area contributed by atoms with E-state index in [9.17, 15) is 14.4 Å². The van der Waals surface area contributed by atoms with Crippen molar-refractivity contribution in [3.63, 3.8) is 0 Å². The van der Waals surface area contributed by atoms with Crippen molar-refractivity contribution in [1.82, 2.24) is 10.6 Å². The largest absolute Gasteiger partial charge is 0.481 e. The molecular weight excluding hydrogens is 296 g/mol. The smallest absolute Gasteiger partial charge is 0.323 e. The molecule has 0 saturated heterocycles. The zero-order valence-electron chi connectivity index (χ0n) is 11.3. The third kappa shape index (κ3) is 7.21. The van der Waals surface area contributed by atoms with Gasteiger partial charge in [0.25, 0.3) is 0 Å². The Morgan fingerprint density at radius 3 is 2.29 bits per heavy atom. The fourth-order valence-corrected chi connectivity index (χ4v) is 2.43. The van der Waals surface area contributed by atoms with Gasteiger partial charge in [-0.2, -0.15) is 0 Å². The van der Waals surface area contributed by atoms with Crippen molar-refractivity contribution >= 4 is 29.7 Å². The minimum atomic E-state index is -1.17. The van der Waals surface area contributed by atoms with Crippen LogP contribution >= 0.6 is 11.8 Å². The Labute approximate surface area is 125 Å². The molecule has 2 amide bonds. The van der Waals surface area contributed by atoms with Gasteiger partial charge >= 0.3 is 18.0 Å². The minimum absolute atomic E-state index is 0.279. The second-order valence-electron chi connectivity index (χ2n) is 4.24. The molecule has 1 atom stereocenters. The van der Waals surface area contributed by atoms with Crippen LogP contribution in [-0.4, -0.2) is 40.1 Å². The van der Waals surface area contributed by atoms with Crippen molar-refractivity contribution in [3.05, 3.63) is 29.8 Å². The van der Waals surface area contributed by atoms with Gasteiger partial charge in [0.1, 0.15) is 6.54 Å². The van der Waals surface area contributed by atoms with Crippen LogP contribution in [0.25, 0.3) is 0 Å². The van der Waals surface area contributed by atoms with Gasteiger partial charge in [0.05, 0.1) is 11.8 Å². The predicted molar refractivity (Wildman–Crippen MR) is 77.2 cm³/mol. The summed E-state index contributed by atoms with van der Waals surface area (Å²) in [4.78, 5) is 33.5. The third-order valence-corrected chi connectivity index (χ3v) is 3.46. The number of carbonyl (C=O) groups is 3. The summed E-state index contributed by atoms with van der Waals surface area (Å²) in [7, 11) is 0. The SMILES string of the molecule is Cc1ccc(S[C@@H](CC(=O)O)NC(=O)NCC(=O)O)cc1. The number of nitrogens with one attached hydrogen (secondary N) is 2. The Bertz CT molecular complexity index is 518. The van der Waals surface area contributed by atoms with E-state index in [-0.39, 0.29) is 6.42 Å². The molecule has 0 aliphatic carbocycles. The van der Waals surface area contributed by atoms with Crippen LogP contribution in [0.2, 0.25) is 0 Å². The lowest BCUT2D eigenvalue weighted by molar-refractivity contribution is -0.137. The minimum Gasteiger partial charge on any atom is -0.481 e. The third-order valence-electron chi connectivity index (χ3n) is 2.35. The molecule has 1 aromatic rings. The lowest BCUT2D eigenvalue weighted by Gasteiger charge is -2.16. The molecule has 4 N–H and O–H groups in total. The summed E-state index contributed by atoms with van der Waals surface area (Å²) in [5.41, 5.74) is 1.07. The van der Waals surface area contributed by atoms with Crippen molar-refractivity contribution in [2.45, 2.75) is 23.6 Å². The van der Waals surface area contributed by atoms with E-state index in [0.717, 1.165) is 10.5 Å². The maximum atomic E-state index is 11.5. The number of carbonyl (C=O) groups excluding carboxylic acids is 1. The molecule has 0 bridgehead atoms. The van der Waals surface area contributed by atoms with E-state index in [1.165, 1.54) is 11.8 Å². The molecule has 0 unspecified atom stereocenters. The first kappa shape index (κ1) is 16.8. The maximum Gasteiger partial charge on any atom is 0.323 e. The number of thioether (sulfide) groups is 1. The highest BCUT2D eigenvalue weighted by molar-refractivity contribution is 8.00. The fourth-order valence-electron chi connectivity index (χ4n) is 1.42. The highest BCUT2D eigenvalue weighted by Gasteiger charge is 2.17. The summed E-state index contributed by atoms with van der Waals surface area (Å²) in [6.07, 6.45) is -0.279. The van der Waals surface area contributed by atoms with Crippen LogP contribution in [0.1, 0.15) is 12.0 Å². The molecule has 0 spiro atoms. The second kappa shape index (κ2) is 8.15. The molecule has 0 fully saturated rings. The molecule has 0 aromatic heterocycles. The number of aryl methyl sites for hydroxylation is 1. The van der Waals surface area contributed by atoms with Gasteiger partial charge < -0.3 is 20.8 Å². The van der Waals surface area contributed by atoms with E-state index in [2.05, 4.69) is 10.6 Å². The Balaban J connectivity index is 2.62. The standard InChI is InChI=1S/C13H16N2O5S/c1-8-2-4-9(5-3-8)21-10(6-11(16)17)15-13(20)14-7-12(18)19/h2-5,10H,6-7H2,1H3,(H,16,17)(H,18,19)(H2,14,15,20)/t10-/m0/s1. The molecule has 0 aliphatic heterocycles. The van der Waals surface area contributed by atoms with Crippen LogP contribution in [0, 0.1) is 6.92 Å². The molecule has 7 nitrogen and oxygen atoms in total. The number of hydrogen-bond acceptors (Lipinski definition) is 4. The van der Waals surface area contributed by atoms with Crippen LogP contribution in [0.3, 0.4) is 0 Å². The van der Waals surface area contributed by atoms with E-state index < -0.39 is 29.9 Å². The van der Waals surface area contributed by atoms with Gasteiger partial charge in [0, 0.05) is 4.90 Å². The summed E-state index contributed by atoms with van der Waals surface area (Å²) >= 11 is 1.19. The van der Waals surface area contributed by atoms with Crippen LogP contribution in [-0.2, 0) is 9.59 Å². The highest BCUT2D eigenvalue weighted by atomic mass is 32.2. The Morgan fingerprint density at radius 1 is 1.14 bits per heavy atom. The van der Waals surface area contributed by atoms with Crippen molar-refractivity contribution in [1.29, 1.82) is 0 Å². The van der Waals surface area contributed by atoms with Gasteiger partial charge in [0.15, 0.2) is 0 Å². The van der Waals surface area contributed by atoms with Gasteiger partial charge in [-0.05, 0) is 19.1 Å². The number of benzene rings is 1. The average Bonchev–Trinajstić information content (AvgIpc) is 2.38. The predicted octanol–water partition coefficient (Wildman–Crippen LogP) is 1.27. The fraction of sp³-hybridized carbons (Fsp3) is 0.308. The lowest BCUT2D eigenvalue weighted by atomic mass is 10.2. The first-order valence-electron chi connectivity index (χ1n) is 6.08. The molecule has 114 valence electrons. The number of rotatable bonds is 7. The second-order valence-corrected chi connectivity index (χ2v) is 5.51. The number of amides is 2. The Hall–Kier alpha value is -2.22. The van der Waals surface area contributed by atoms with Crippen LogP contribution in [0.15, 0.2) is 29.2 Å². The highest BCUT2D eigenvalue weighted by Crippen LogP contribution is 2.24. The zero-order valence-corrected chi connectivity index (χ0v) is 12.1. The van der Waals surface area contributed by atoms with Gasteiger partial charge in [-0.1, -0.05) is 17.7 Å². The van der Waals surface area contributed by atoms with E-state index in [1.54, 1.807) is 0 Å². The average molecular weight is 312 g/mol. The summed E-state index contributed by atoms with van der Waals surface area (Å²) in [6.45, 7) is 1.40. The monoisotopic (exact) mass is 312 g/mol. The molecule has 21 heavy (non-hydrogen) atoms. The van der Waals surface area contributed by atoms with Crippen molar-refractivity contribution in [2.75, 3.05) is 6.54 Å².